The van der Waals surface area contributed by atoms with E-state index >= 15 is 0 Å². The van der Waals surface area contributed by atoms with Gasteiger partial charge in [0.15, 0.2) is 0 Å². The summed E-state index contributed by atoms with van der Waals surface area (Å²) in [5, 5.41) is 0. The third kappa shape index (κ3) is 3.34. The average molecular weight is 294 g/mol. The lowest BCUT2D eigenvalue weighted by molar-refractivity contribution is 0.595. The Morgan fingerprint density at radius 2 is 1.80 bits per heavy atom. The lowest BCUT2D eigenvalue weighted by Crippen LogP contribution is -2.13. The Balaban J connectivity index is 2.24. The number of rotatable bonds is 4. The van der Waals surface area contributed by atoms with Crippen molar-refractivity contribution in [2.45, 2.75) is 17.9 Å². The van der Waals surface area contributed by atoms with Gasteiger partial charge in [0, 0.05) is 11.7 Å². The molecule has 2 aromatic rings. The summed E-state index contributed by atoms with van der Waals surface area (Å²) >= 11 is 0. The smallest absolute Gasteiger partial charge is 0.261 e. The summed E-state index contributed by atoms with van der Waals surface area (Å²) in [6.45, 7) is 1.84. The van der Waals surface area contributed by atoms with Crippen molar-refractivity contribution in [3.8, 4) is 0 Å². The molecule has 106 valence electrons. The molecule has 0 aliphatic rings. The van der Waals surface area contributed by atoms with E-state index in [1.165, 1.54) is 18.2 Å². The van der Waals surface area contributed by atoms with E-state index in [2.05, 4.69) is 4.72 Å². The summed E-state index contributed by atoms with van der Waals surface area (Å²) in [7, 11) is -3.79. The van der Waals surface area contributed by atoms with Crippen molar-refractivity contribution in [1.29, 1.82) is 0 Å². The van der Waals surface area contributed by atoms with E-state index in [0.717, 1.165) is 11.6 Å². The molecule has 4 nitrogen and oxygen atoms in total. The molecule has 1 atom stereocenters. The van der Waals surface area contributed by atoms with Gasteiger partial charge in [-0.3, -0.25) is 4.72 Å². The monoisotopic (exact) mass is 294 g/mol. The molecule has 2 aromatic carbocycles. The SMILES string of the molecule is CC(N)c1ccc(NS(=O)(=O)c2cccc(F)c2)cc1. The largest absolute Gasteiger partial charge is 0.324 e. The van der Waals surface area contributed by atoms with E-state index in [-0.39, 0.29) is 10.9 Å². The summed E-state index contributed by atoms with van der Waals surface area (Å²) < 4.78 is 39.6. The molecule has 0 spiro atoms. The molecule has 1 unspecified atom stereocenters. The highest BCUT2D eigenvalue weighted by Gasteiger charge is 2.14. The van der Waals surface area contributed by atoms with Gasteiger partial charge in [-0.2, -0.15) is 0 Å². The van der Waals surface area contributed by atoms with E-state index in [1.807, 2.05) is 6.92 Å². The third-order valence-electron chi connectivity index (χ3n) is 2.80. The molecule has 20 heavy (non-hydrogen) atoms. The molecular formula is C14H15FN2O2S. The van der Waals surface area contributed by atoms with Gasteiger partial charge in [0.1, 0.15) is 5.82 Å². The first-order chi connectivity index (χ1) is 9.38. The van der Waals surface area contributed by atoms with Gasteiger partial charge < -0.3 is 5.73 Å². The predicted molar refractivity (Wildman–Crippen MR) is 76.3 cm³/mol. The van der Waals surface area contributed by atoms with Crippen molar-refractivity contribution < 1.29 is 12.8 Å². The highest BCUT2D eigenvalue weighted by Crippen LogP contribution is 2.19. The predicted octanol–water partition coefficient (Wildman–Crippen LogP) is 2.65. The summed E-state index contributed by atoms with van der Waals surface area (Å²) in [6.07, 6.45) is 0. The second-order valence-electron chi connectivity index (χ2n) is 4.47. The maximum absolute atomic E-state index is 13.1. The lowest BCUT2D eigenvalue weighted by atomic mass is 10.1. The van der Waals surface area contributed by atoms with E-state index in [0.29, 0.717) is 5.69 Å². The Hall–Kier alpha value is -1.92. The molecule has 0 amide bonds. The standard InChI is InChI=1S/C14H15FN2O2S/c1-10(16)11-5-7-13(8-6-11)17-20(18,19)14-4-2-3-12(15)9-14/h2-10,17H,16H2,1H3. The van der Waals surface area contributed by atoms with E-state index in [1.54, 1.807) is 24.3 Å². The Kier molecular flexibility index (Phi) is 4.06. The molecule has 0 saturated heterocycles. The highest BCUT2D eigenvalue weighted by molar-refractivity contribution is 7.92. The molecule has 0 saturated carbocycles. The highest BCUT2D eigenvalue weighted by atomic mass is 32.2. The van der Waals surface area contributed by atoms with Crippen LogP contribution in [-0.2, 0) is 10.0 Å². The van der Waals surface area contributed by atoms with Crippen molar-refractivity contribution >= 4 is 15.7 Å². The van der Waals surface area contributed by atoms with E-state index in [9.17, 15) is 12.8 Å². The van der Waals surface area contributed by atoms with Crippen LogP contribution in [0.15, 0.2) is 53.4 Å². The molecule has 0 aliphatic heterocycles. The summed E-state index contributed by atoms with van der Waals surface area (Å²) in [6, 6.07) is 11.5. The Bertz CT molecular complexity index is 697. The Morgan fingerprint density at radius 1 is 1.15 bits per heavy atom. The van der Waals surface area contributed by atoms with Crippen molar-refractivity contribution in [1.82, 2.24) is 0 Å². The molecule has 0 heterocycles. The average Bonchev–Trinajstić information content (AvgIpc) is 2.39. The van der Waals surface area contributed by atoms with Gasteiger partial charge in [0.25, 0.3) is 10.0 Å². The van der Waals surface area contributed by atoms with Gasteiger partial charge >= 0.3 is 0 Å². The molecule has 3 N–H and O–H groups in total. The normalized spacial score (nSPS) is 12.9. The molecule has 2 rings (SSSR count). The number of halogens is 1. The van der Waals surface area contributed by atoms with Crippen LogP contribution in [0.25, 0.3) is 0 Å². The fraction of sp³-hybridized carbons (Fsp3) is 0.143. The Morgan fingerprint density at radius 3 is 2.35 bits per heavy atom. The van der Waals surface area contributed by atoms with Crippen LogP contribution in [-0.4, -0.2) is 8.42 Å². The first kappa shape index (κ1) is 14.5. The number of hydrogen-bond acceptors (Lipinski definition) is 3. The minimum atomic E-state index is -3.79. The molecular weight excluding hydrogens is 279 g/mol. The first-order valence-corrected chi connectivity index (χ1v) is 7.51. The molecule has 0 aromatic heterocycles. The quantitative estimate of drug-likeness (QED) is 0.910. The Labute approximate surface area is 117 Å². The minimum Gasteiger partial charge on any atom is -0.324 e. The van der Waals surface area contributed by atoms with E-state index < -0.39 is 15.8 Å². The van der Waals surface area contributed by atoms with Crippen LogP contribution >= 0.6 is 0 Å². The van der Waals surface area contributed by atoms with Gasteiger partial charge in [0.05, 0.1) is 4.90 Å². The fourth-order valence-corrected chi connectivity index (χ4v) is 2.79. The maximum Gasteiger partial charge on any atom is 0.261 e. The van der Waals surface area contributed by atoms with Gasteiger partial charge in [-0.05, 0) is 42.8 Å². The lowest BCUT2D eigenvalue weighted by Gasteiger charge is -2.10. The summed E-state index contributed by atoms with van der Waals surface area (Å²) in [4.78, 5) is -0.117. The second kappa shape index (κ2) is 5.60. The van der Waals surface area contributed by atoms with Crippen LogP contribution in [0.3, 0.4) is 0 Å². The van der Waals surface area contributed by atoms with Crippen LogP contribution in [0.1, 0.15) is 18.5 Å². The van der Waals surface area contributed by atoms with E-state index in [4.69, 9.17) is 5.73 Å². The van der Waals surface area contributed by atoms with Gasteiger partial charge in [-0.1, -0.05) is 18.2 Å². The molecule has 0 radical (unpaired) electrons. The van der Waals surface area contributed by atoms with Crippen LogP contribution in [0, 0.1) is 5.82 Å². The number of nitrogens with one attached hydrogen (secondary N) is 1. The van der Waals surface area contributed by atoms with Gasteiger partial charge in [0.2, 0.25) is 0 Å². The van der Waals surface area contributed by atoms with Crippen LogP contribution in [0.5, 0.6) is 0 Å². The molecule has 6 heteroatoms. The zero-order chi connectivity index (χ0) is 14.8. The van der Waals surface area contributed by atoms with Crippen molar-refractivity contribution in [3.05, 3.63) is 59.9 Å². The molecule has 0 fully saturated rings. The van der Waals surface area contributed by atoms with Crippen molar-refractivity contribution in [2.75, 3.05) is 4.72 Å². The zero-order valence-electron chi connectivity index (χ0n) is 10.9. The number of anilines is 1. The first-order valence-electron chi connectivity index (χ1n) is 6.02. The molecule has 0 bridgehead atoms. The number of sulfonamides is 1. The van der Waals surface area contributed by atoms with Crippen LogP contribution in [0.2, 0.25) is 0 Å². The van der Waals surface area contributed by atoms with Crippen LogP contribution < -0.4 is 10.5 Å². The topological polar surface area (TPSA) is 72.2 Å². The van der Waals surface area contributed by atoms with Gasteiger partial charge in [-0.15, -0.1) is 0 Å². The third-order valence-corrected chi connectivity index (χ3v) is 4.17. The maximum atomic E-state index is 13.1. The second-order valence-corrected chi connectivity index (χ2v) is 6.16. The summed E-state index contributed by atoms with van der Waals surface area (Å²) in [5.41, 5.74) is 7.02. The number of hydrogen-bond donors (Lipinski definition) is 2. The molecule has 0 aliphatic carbocycles. The number of nitrogens with two attached hydrogens (primary N) is 1. The van der Waals surface area contributed by atoms with Crippen LogP contribution in [0.4, 0.5) is 10.1 Å². The summed E-state index contributed by atoms with van der Waals surface area (Å²) in [5.74, 6) is -0.597. The van der Waals surface area contributed by atoms with Gasteiger partial charge in [-0.25, -0.2) is 12.8 Å². The number of benzene rings is 2. The zero-order valence-corrected chi connectivity index (χ0v) is 11.7. The van der Waals surface area contributed by atoms with Crippen molar-refractivity contribution in [3.63, 3.8) is 0 Å². The van der Waals surface area contributed by atoms with Crippen molar-refractivity contribution in [2.24, 2.45) is 5.73 Å². The fourth-order valence-electron chi connectivity index (χ4n) is 1.70. The minimum absolute atomic E-state index is 0.117.